The summed E-state index contributed by atoms with van der Waals surface area (Å²) in [5, 5.41) is 3.87. The SMILES string of the molecule is COc1ccc(OC)c(NS(=O)(=O)c2cc(-c3noc(C(=O)N4CCCC4)n3)sc2C)c1. The second kappa shape index (κ2) is 8.79. The highest BCUT2D eigenvalue weighted by Gasteiger charge is 2.27. The third kappa shape index (κ3) is 4.28. The van der Waals surface area contributed by atoms with E-state index in [-0.39, 0.29) is 28.2 Å². The number of amides is 1. The summed E-state index contributed by atoms with van der Waals surface area (Å²) in [6.45, 7) is 3.01. The van der Waals surface area contributed by atoms with Crippen LogP contribution in [0.15, 0.2) is 33.7 Å². The number of rotatable bonds is 7. The zero-order chi connectivity index (χ0) is 22.9. The van der Waals surface area contributed by atoms with E-state index in [4.69, 9.17) is 14.0 Å². The van der Waals surface area contributed by atoms with Crippen molar-refractivity contribution in [1.29, 1.82) is 0 Å². The highest BCUT2D eigenvalue weighted by Crippen LogP contribution is 2.35. The van der Waals surface area contributed by atoms with Gasteiger partial charge in [0.05, 0.1) is 24.8 Å². The summed E-state index contributed by atoms with van der Waals surface area (Å²) in [5.41, 5.74) is 0.247. The van der Waals surface area contributed by atoms with E-state index in [1.54, 1.807) is 24.0 Å². The van der Waals surface area contributed by atoms with E-state index < -0.39 is 10.0 Å². The number of aryl methyl sites for hydroxylation is 1. The summed E-state index contributed by atoms with van der Waals surface area (Å²) >= 11 is 1.19. The number of aromatic nitrogens is 2. The standard InChI is InChI=1S/C20H22N4O6S2/c1-12-17(32(26,27)23-14-10-13(28-2)6-7-15(14)29-3)11-16(31-12)18-21-19(30-22-18)20(25)24-8-4-5-9-24/h6-7,10-11,23H,4-5,8-9H2,1-3H3. The number of carbonyl (C=O) groups is 1. The lowest BCUT2D eigenvalue weighted by atomic mass is 10.3. The van der Waals surface area contributed by atoms with E-state index in [0.717, 1.165) is 12.8 Å². The normalized spacial score (nSPS) is 13.9. The van der Waals surface area contributed by atoms with E-state index in [9.17, 15) is 13.2 Å². The minimum absolute atomic E-state index is 0.0691. The van der Waals surface area contributed by atoms with Crippen molar-refractivity contribution in [2.75, 3.05) is 32.0 Å². The van der Waals surface area contributed by atoms with Crippen molar-refractivity contribution in [2.24, 2.45) is 0 Å². The summed E-state index contributed by atoms with van der Waals surface area (Å²) in [6.07, 6.45) is 1.90. The van der Waals surface area contributed by atoms with Crippen LogP contribution in [0.25, 0.3) is 10.7 Å². The van der Waals surface area contributed by atoms with Crippen molar-refractivity contribution >= 4 is 33.0 Å². The molecule has 1 fully saturated rings. The Balaban J connectivity index is 1.60. The quantitative estimate of drug-likeness (QED) is 0.549. The van der Waals surface area contributed by atoms with Crippen LogP contribution in [0.4, 0.5) is 5.69 Å². The maximum absolute atomic E-state index is 13.1. The molecule has 1 N–H and O–H groups in total. The number of ether oxygens (including phenoxy) is 2. The Hall–Kier alpha value is -3.12. The maximum Gasteiger partial charge on any atom is 0.316 e. The van der Waals surface area contributed by atoms with Crippen molar-refractivity contribution in [2.45, 2.75) is 24.7 Å². The second-order valence-corrected chi connectivity index (χ2v) is 10.0. The number of nitrogens with zero attached hydrogens (tertiary/aromatic N) is 3. The summed E-state index contributed by atoms with van der Waals surface area (Å²) < 4.78 is 44.3. The Morgan fingerprint density at radius 2 is 1.94 bits per heavy atom. The number of hydrogen-bond donors (Lipinski definition) is 1. The van der Waals surface area contributed by atoms with Gasteiger partial charge in [0, 0.05) is 24.0 Å². The van der Waals surface area contributed by atoms with E-state index in [1.165, 1.54) is 37.7 Å². The van der Waals surface area contributed by atoms with Crippen LogP contribution in [0.3, 0.4) is 0 Å². The van der Waals surface area contributed by atoms with Gasteiger partial charge in [0.1, 0.15) is 16.4 Å². The number of sulfonamides is 1. The number of benzene rings is 1. The van der Waals surface area contributed by atoms with Crippen LogP contribution in [0.1, 0.15) is 28.4 Å². The van der Waals surface area contributed by atoms with Gasteiger partial charge >= 0.3 is 11.8 Å². The van der Waals surface area contributed by atoms with Crippen LogP contribution in [0, 0.1) is 6.92 Å². The number of anilines is 1. The zero-order valence-corrected chi connectivity index (χ0v) is 19.4. The summed E-state index contributed by atoms with van der Waals surface area (Å²) in [7, 11) is -1.01. The topological polar surface area (TPSA) is 124 Å². The lowest BCUT2D eigenvalue weighted by molar-refractivity contribution is 0.0743. The molecule has 3 heterocycles. The molecule has 0 atom stereocenters. The highest BCUT2D eigenvalue weighted by molar-refractivity contribution is 7.93. The van der Waals surface area contributed by atoms with Crippen LogP contribution in [0.2, 0.25) is 0 Å². The van der Waals surface area contributed by atoms with E-state index in [1.807, 2.05) is 0 Å². The molecule has 1 saturated heterocycles. The van der Waals surface area contributed by atoms with E-state index in [0.29, 0.717) is 34.3 Å². The minimum atomic E-state index is -3.95. The smallest absolute Gasteiger partial charge is 0.316 e. The lowest BCUT2D eigenvalue weighted by Crippen LogP contribution is -2.27. The summed E-state index contributed by atoms with van der Waals surface area (Å²) in [4.78, 5) is 19.4. The number of thiophene rings is 1. The molecule has 170 valence electrons. The Morgan fingerprint density at radius 1 is 1.19 bits per heavy atom. The molecule has 0 radical (unpaired) electrons. The molecule has 1 amide bonds. The van der Waals surface area contributed by atoms with Gasteiger partial charge < -0.3 is 18.9 Å². The molecule has 0 aliphatic carbocycles. The summed E-state index contributed by atoms with van der Waals surface area (Å²) in [5.74, 6) is 0.589. The summed E-state index contributed by atoms with van der Waals surface area (Å²) in [6, 6.07) is 6.28. The number of hydrogen-bond acceptors (Lipinski definition) is 9. The van der Waals surface area contributed by atoms with Gasteiger partial charge in [-0.1, -0.05) is 5.16 Å². The minimum Gasteiger partial charge on any atom is -0.497 e. The molecule has 12 heteroatoms. The second-order valence-electron chi connectivity index (χ2n) is 7.13. The van der Waals surface area contributed by atoms with Gasteiger partial charge in [0.2, 0.25) is 5.82 Å². The molecule has 1 aliphatic heterocycles. The molecular formula is C20H22N4O6S2. The third-order valence-electron chi connectivity index (χ3n) is 5.04. The molecule has 0 bridgehead atoms. The molecule has 2 aromatic heterocycles. The molecule has 0 saturated carbocycles. The molecule has 0 unspecified atom stereocenters. The fourth-order valence-corrected chi connectivity index (χ4v) is 5.98. The van der Waals surface area contributed by atoms with Crippen LogP contribution >= 0.6 is 11.3 Å². The van der Waals surface area contributed by atoms with Gasteiger partial charge in [-0.25, -0.2) is 8.42 Å². The fourth-order valence-electron chi connectivity index (χ4n) is 3.40. The van der Waals surface area contributed by atoms with Crippen molar-refractivity contribution in [3.63, 3.8) is 0 Å². The average molecular weight is 479 g/mol. The van der Waals surface area contributed by atoms with Gasteiger partial charge in [-0.05, 0) is 38.0 Å². The van der Waals surface area contributed by atoms with Crippen LogP contribution in [-0.2, 0) is 10.0 Å². The Bertz CT molecular complexity index is 1240. The lowest BCUT2D eigenvalue weighted by Gasteiger charge is -2.13. The first-order chi connectivity index (χ1) is 15.3. The van der Waals surface area contributed by atoms with Gasteiger partial charge in [0.25, 0.3) is 10.0 Å². The predicted octanol–water partition coefficient (Wildman–Crippen LogP) is 3.16. The molecule has 1 aromatic carbocycles. The van der Waals surface area contributed by atoms with E-state index >= 15 is 0 Å². The van der Waals surface area contributed by atoms with Gasteiger partial charge in [0.15, 0.2) is 0 Å². The first-order valence-corrected chi connectivity index (χ1v) is 12.1. The largest absolute Gasteiger partial charge is 0.497 e. The third-order valence-corrected chi connectivity index (χ3v) is 7.70. The first-order valence-electron chi connectivity index (χ1n) is 9.81. The van der Waals surface area contributed by atoms with E-state index in [2.05, 4.69) is 14.9 Å². The molecule has 10 nitrogen and oxygen atoms in total. The monoisotopic (exact) mass is 478 g/mol. The zero-order valence-electron chi connectivity index (χ0n) is 17.7. The first kappa shape index (κ1) is 22.1. The Kier molecular flexibility index (Phi) is 6.07. The predicted molar refractivity (Wildman–Crippen MR) is 118 cm³/mol. The average Bonchev–Trinajstić information content (AvgIpc) is 3.53. The van der Waals surface area contributed by atoms with Crippen molar-refractivity contribution in [1.82, 2.24) is 15.0 Å². The molecule has 3 aromatic rings. The fraction of sp³-hybridized carbons (Fsp3) is 0.350. The number of methoxy groups -OCH3 is 2. The number of carbonyl (C=O) groups excluding carboxylic acids is 1. The number of likely N-dealkylation sites (tertiary alicyclic amines) is 1. The highest BCUT2D eigenvalue weighted by atomic mass is 32.2. The Labute approximate surface area is 189 Å². The molecule has 32 heavy (non-hydrogen) atoms. The van der Waals surface area contributed by atoms with Gasteiger partial charge in [-0.15, -0.1) is 11.3 Å². The molecule has 4 rings (SSSR count). The Morgan fingerprint density at radius 3 is 2.62 bits per heavy atom. The van der Waals surface area contributed by atoms with Crippen molar-refractivity contribution in [3.05, 3.63) is 35.0 Å². The van der Waals surface area contributed by atoms with Crippen molar-refractivity contribution < 1.29 is 27.2 Å². The number of nitrogens with one attached hydrogen (secondary N) is 1. The van der Waals surface area contributed by atoms with Crippen molar-refractivity contribution in [3.8, 4) is 22.2 Å². The maximum atomic E-state index is 13.1. The molecular weight excluding hydrogens is 456 g/mol. The van der Waals surface area contributed by atoms with Gasteiger partial charge in [-0.2, -0.15) is 4.98 Å². The van der Waals surface area contributed by atoms with Crippen LogP contribution in [-0.4, -0.2) is 56.7 Å². The molecule has 0 spiro atoms. The van der Waals surface area contributed by atoms with Crippen LogP contribution in [0.5, 0.6) is 11.5 Å². The van der Waals surface area contributed by atoms with Crippen LogP contribution < -0.4 is 14.2 Å². The van der Waals surface area contributed by atoms with Gasteiger partial charge in [-0.3, -0.25) is 9.52 Å². The molecule has 1 aliphatic rings.